The van der Waals surface area contributed by atoms with Crippen molar-refractivity contribution in [1.82, 2.24) is 5.32 Å². The second-order valence-electron chi connectivity index (χ2n) is 6.19. The number of amides is 1. The largest absolute Gasteiger partial charge is 0.452 e. The number of benzene rings is 2. The molecule has 0 unspecified atom stereocenters. The highest BCUT2D eigenvalue weighted by Crippen LogP contribution is 2.29. The molecule has 142 valence electrons. The molecule has 7 heteroatoms. The van der Waals surface area contributed by atoms with Gasteiger partial charge in [0, 0.05) is 0 Å². The maximum Gasteiger partial charge on any atom is 0.387 e. The second-order valence-corrected chi connectivity index (χ2v) is 6.19. The van der Waals surface area contributed by atoms with Crippen LogP contribution in [0.2, 0.25) is 0 Å². The zero-order chi connectivity index (χ0) is 19.2. The first-order chi connectivity index (χ1) is 13.0. The van der Waals surface area contributed by atoms with Crippen LogP contribution < -0.4 is 10.1 Å². The van der Waals surface area contributed by atoms with E-state index in [0.29, 0.717) is 0 Å². The first-order valence-corrected chi connectivity index (χ1v) is 8.62. The molecule has 1 atom stereocenters. The number of ether oxygens (including phenoxy) is 2. The highest BCUT2D eigenvalue weighted by atomic mass is 19.3. The Morgan fingerprint density at radius 2 is 1.96 bits per heavy atom. The molecule has 3 rings (SSSR count). The molecule has 1 aliphatic rings. The number of halogens is 2. The van der Waals surface area contributed by atoms with Crippen LogP contribution in [0.5, 0.6) is 5.75 Å². The van der Waals surface area contributed by atoms with Crippen molar-refractivity contribution in [3.63, 3.8) is 0 Å². The molecule has 0 aromatic heterocycles. The molecule has 1 N–H and O–H groups in total. The van der Waals surface area contributed by atoms with E-state index in [1.54, 1.807) is 0 Å². The van der Waals surface area contributed by atoms with Crippen molar-refractivity contribution in [1.29, 1.82) is 0 Å². The molecule has 0 fully saturated rings. The summed E-state index contributed by atoms with van der Waals surface area (Å²) < 4.78 is 33.7. The van der Waals surface area contributed by atoms with Crippen LogP contribution >= 0.6 is 0 Å². The first kappa shape index (κ1) is 18.8. The molecule has 2 aromatic carbocycles. The van der Waals surface area contributed by atoms with Crippen molar-refractivity contribution in [3.05, 3.63) is 65.2 Å². The monoisotopic (exact) mass is 375 g/mol. The quantitative estimate of drug-likeness (QED) is 0.783. The number of esters is 1. The van der Waals surface area contributed by atoms with Gasteiger partial charge in [-0.2, -0.15) is 8.78 Å². The van der Waals surface area contributed by atoms with Gasteiger partial charge in [-0.1, -0.05) is 30.3 Å². The van der Waals surface area contributed by atoms with Crippen molar-refractivity contribution >= 4 is 11.9 Å². The van der Waals surface area contributed by atoms with Crippen molar-refractivity contribution in [2.75, 3.05) is 6.61 Å². The van der Waals surface area contributed by atoms with Crippen LogP contribution in [0.4, 0.5) is 8.78 Å². The Labute approximate surface area is 155 Å². The van der Waals surface area contributed by atoms with Crippen LogP contribution in [0.3, 0.4) is 0 Å². The predicted octanol–water partition coefficient (Wildman–Crippen LogP) is 3.64. The van der Waals surface area contributed by atoms with E-state index in [9.17, 15) is 18.4 Å². The van der Waals surface area contributed by atoms with E-state index in [1.165, 1.54) is 23.8 Å². The molecule has 27 heavy (non-hydrogen) atoms. The van der Waals surface area contributed by atoms with Gasteiger partial charge >= 0.3 is 12.6 Å². The van der Waals surface area contributed by atoms with E-state index in [2.05, 4.69) is 10.1 Å². The van der Waals surface area contributed by atoms with Crippen molar-refractivity contribution < 1.29 is 27.8 Å². The van der Waals surface area contributed by atoms with E-state index >= 15 is 0 Å². The summed E-state index contributed by atoms with van der Waals surface area (Å²) in [5, 5.41) is 2.88. The SMILES string of the molecule is O=C(COC(=O)c1cccc(OC(F)F)c1)N[C@@H]1CCCc2ccccc21. The Bertz CT molecular complexity index is 825. The number of hydrogen-bond acceptors (Lipinski definition) is 4. The highest BCUT2D eigenvalue weighted by Gasteiger charge is 2.22. The average molecular weight is 375 g/mol. The fourth-order valence-corrected chi connectivity index (χ4v) is 3.15. The number of carbonyl (C=O) groups is 2. The fourth-order valence-electron chi connectivity index (χ4n) is 3.15. The molecular weight excluding hydrogens is 356 g/mol. The van der Waals surface area contributed by atoms with Gasteiger partial charge in [0.1, 0.15) is 5.75 Å². The molecule has 0 radical (unpaired) electrons. The average Bonchev–Trinajstić information content (AvgIpc) is 2.66. The normalized spacial score (nSPS) is 15.7. The molecule has 0 saturated heterocycles. The van der Waals surface area contributed by atoms with E-state index in [1.807, 2.05) is 24.3 Å². The van der Waals surface area contributed by atoms with E-state index in [0.717, 1.165) is 30.9 Å². The zero-order valence-corrected chi connectivity index (χ0v) is 14.5. The van der Waals surface area contributed by atoms with Crippen molar-refractivity contribution in [3.8, 4) is 5.75 Å². The molecule has 1 aliphatic carbocycles. The number of aryl methyl sites for hydroxylation is 1. The summed E-state index contributed by atoms with van der Waals surface area (Å²) in [6, 6.07) is 13.1. The summed E-state index contributed by atoms with van der Waals surface area (Å²) in [4.78, 5) is 24.2. The molecule has 0 heterocycles. The summed E-state index contributed by atoms with van der Waals surface area (Å²) in [6.45, 7) is -3.43. The summed E-state index contributed by atoms with van der Waals surface area (Å²) >= 11 is 0. The van der Waals surface area contributed by atoms with Crippen LogP contribution in [0.15, 0.2) is 48.5 Å². The Morgan fingerprint density at radius 1 is 1.15 bits per heavy atom. The standard InChI is InChI=1S/C20H19F2NO4/c21-20(22)27-15-8-3-7-14(11-15)19(25)26-12-18(24)23-17-10-4-6-13-5-1-2-9-16(13)17/h1-3,5,7-9,11,17,20H,4,6,10,12H2,(H,23,24)/t17-/m1/s1. The van der Waals surface area contributed by atoms with Crippen LogP contribution in [-0.4, -0.2) is 25.1 Å². The summed E-state index contributed by atoms with van der Waals surface area (Å²) in [6.07, 6.45) is 2.77. The third-order valence-corrected chi connectivity index (χ3v) is 4.33. The first-order valence-electron chi connectivity index (χ1n) is 8.62. The second kappa shape index (κ2) is 8.62. The molecule has 0 bridgehead atoms. The molecule has 0 aliphatic heterocycles. The molecule has 1 amide bonds. The number of alkyl halides is 2. The van der Waals surface area contributed by atoms with Gasteiger partial charge in [0.2, 0.25) is 0 Å². The van der Waals surface area contributed by atoms with Gasteiger partial charge < -0.3 is 14.8 Å². The number of carbonyl (C=O) groups excluding carboxylic acids is 2. The Hall–Kier alpha value is -2.96. The number of nitrogens with one attached hydrogen (secondary N) is 1. The zero-order valence-electron chi connectivity index (χ0n) is 14.5. The number of rotatable bonds is 6. The number of hydrogen-bond donors (Lipinski definition) is 1. The molecule has 0 saturated carbocycles. The maximum atomic E-state index is 12.2. The minimum atomic E-state index is -2.99. The van der Waals surface area contributed by atoms with Gasteiger partial charge in [0.25, 0.3) is 5.91 Å². The van der Waals surface area contributed by atoms with Gasteiger partial charge in [-0.15, -0.1) is 0 Å². The number of fused-ring (bicyclic) bond motifs is 1. The van der Waals surface area contributed by atoms with Gasteiger partial charge in [0.15, 0.2) is 6.61 Å². The van der Waals surface area contributed by atoms with E-state index < -0.39 is 25.1 Å². The summed E-state index contributed by atoms with van der Waals surface area (Å²) in [5.41, 5.74) is 2.33. The third-order valence-electron chi connectivity index (χ3n) is 4.33. The van der Waals surface area contributed by atoms with Gasteiger partial charge in [-0.05, 0) is 48.6 Å². The van der Waals surface area contributed by atoms with Gasteiger partial charge in [0.05, 0.1) is 11.6 Å². The lowest BCUT2D eigenvalue weighted by Gasteiger charge is -2.26. The van der Waals surface area contributed by atoms with Gasteiger partial charge in [-0.25, -0.2) is 4.79 Å². The lowest BCUT2D eigenvalue weighted by Crippen LogP contribution is -2.34. The summed E-state index contributed by atoms with van der Waals surface area (Å²) in [5.74, 6) is -1.35. The molecule has 5 nitrogen and oxygen atoms in total. The van der Waals surface area contributed by atoms with Gasteiger partial charge in [-0.3, -0.25) is 4.79 Å². The van der Waals surface area contributed by atoms with E-state index in [-0.39, 0.29) is 17.4 Å². The minimum absolute atomic E-state index is 0.0314. The minimum Gasteiger partial charge on any atom is -0.452 e. The van der Waals surface area contributed by atoms with Crippen molar-refractivity contribution in [2.24, 2.45) is 0 Å². The Kier molecular flexibility index (Phi) is 6.01. The third kappa shape index (κ3) is 5.03. The molecular formula is C20H19F2NO4. The maximum absolute atomic E-state index is 12.2. The predicted molar refractivity (Wildman–Crippen MR) is 93.6 cm³/mol. The topological polar surface area (TPSA) is 64.6 Å². The fraction of sp³-hybridized carbons (Fsp3) is 0.300. The summed E-state index contributed by atoms with van der Waals surface area (Å²) in [7, 11) is 0. The van der Waals surface area contributed by atoms with Crippen LogP contribution in [-0.2, 0) is 16.0 Å². The van der Waals surface area contributed by atoms with Crippen LogP contribution in [0, 0.1) is 0 Å². The van der Waals surface area contributed by atoms with Crippen molar-refractivity contribution in [2.45, 2.75) is 31.9 Å². The lowest BCUT2D eigenvalue weighted by molar-refractivity contribution is -0.125. The highest BCUT2D eigenvalue weighted by molar-refractivity contribution is 5.91. The van der Waals surface area contributed by atoms with Crippen LogP contribution in [0.1, 0.15) is 40.4 Å². The molecule has 2 aromatic rings. The van der Waals surface area contributed by atoms with Crippen LogP contribution in [0.25, 0.3) is 0 Å². The Balaban J connectivity index is 1.55. The smallest absolute Gasteiger partial charge is 0.387 e. The Morgan fingerprint density at radius 3 is 2.78 bits per heavy atom. The van der Waals surface area contributed by atoms with E-state index in [4.69, 9.17) is 4.74 Å². The molecule has 0 spiro atoms. The lowest BCUT2D eigenvalue weighted by atomic mass is 9.88.